The molecule has 0 spiro atoms. The Morgan fingerprint density at radius 3 is 2.35 bits per heavy atom. The summed E-state index contributed by atoms with van der Waals surface area (Å²) in [5.41, 5.74) is 0. The number of hydrogen-bond acceptors (Lipinski definition) is 4. The minimum absolute atomic E-state index is 0.0222. The summed E-state index contributed by atoms with van der Waals surface area (Å²) in [5.74, 6) is -1.95. The van der Waals surface area contributed by atoms with E-state index < -0.39 is 19.7 Å². The SMILES string of the molecule is CC/C(COC(=O)/C=C/C(=O)O)=[P+](\[O-])CC[N+](C)(C)C. The lowest BCUT2D eigenvalue weighted by atomic mass is 10.3. The van der Waals surface area contributed by atoms with Crippen LogP contribution in [-0.2, 0) is 14.3 Å². The van der Waals surface area contributed by atoms with Crippen LogP contribution in [0, 0.1) is 0 Å². The number of hydrogen-bond donors (Lipinski definition) is 1. The van der Waals surface area contributed by atoms with Crippen molar-refractivity contribution in [2.75, 3.05) is 40.5 Å². The first kappa shape index (κ1) is 18.8. The van der Waals surface area contributed by atoms with Crippen LogP contribution in [0.1, 0.15) is 13.3 Å². The highest BCUT2D eigenvalue weighted by Crippen LogP contribution is 2.17. The molecule has 0 fully saturated rings. The van der Waals surface area contributed by atoms with E-state index in [-0.39, 0.29) is 6.61 Å². The number of carbonyl (C=O) groups is 2. The molecule has 0 saturated heterocycles. The fraction of sp³-hybridized carbons (Fsp3) is 0.615. The van der Waals surface area contributed by atoms with E-state index in [0.29, 0.717) is 24.0 Å². The third-order valence-electron chi connectivity index (χ3n) is 2.48. The second-order valence-corrected chi connectivity index (χ2v) is 7.15. The highest BCUT2D eigenvalue weighted by atomic mass is 31.1. The predicted octanol–water partition coefficient (Wildman–Crippen LogP) is 0.216. The zero-order valence-corrected chi connectivity index (χ0v) is 13.4. The monoisotopic (exact) mass is 304 g/mol. The van der Waals surface area contributed by atoms with E-state index in [9.17, 15) is 14.5 Å². The van der Waals surface area contributed by atoms with Gasteiger partial charge >= 0.3 is 11.9 Å². The van der Waals surface area contributed by atoms with E-state index in [1.165, 1.54) is 0 Å². The molecule has 0 aromatic carbocycles. The third kappa shape index (κ3) is 9.67. The van der Waals surface area contributed by atoms with Crippen molar-refractivity contribution in [1.82, 2.24) is 0 Å². The molecule has 0 saturated carbocycles. The Morgan fingerprint density at radius 2 is 1.90 bits per heavy atom. The first-order valence-electron chi connectivity index (χ1n) is 6.33. The van der Waals surface area contributed by atoms with Crippen LogP contribution in [0.15, 0.2) is 12.2 Å². The summed E-state index contributed by atoms with van der Waals surface area (Å²) in [7, 11) is 4.53. The number of quaternary nitrogens is 1. The average Bonchev–Trinajstić information content (AvgIpc) is 2.33. The molecule has 114 valence electrons. The second-order valence-electron chi connectivity index (χ2n) is 5.32. The van der Waals surface area contributed by atoms with Gasteiger partial charge in [-0.15, -0.1) is 0 Å². The van der Waals surface area contributed by atoms with Crippen LogP contribution in [0.25, 0.3) is 0 Å². The topological polar surface area (TPSA) is 86.7 Å². The standard InChI is InChI=1S/C13H22NO5P/c1-5-11(20(18)9-8-14(2,3)4)10-19-13(17)7-6-12(15)16/h6-7H,5,8-10H2,1-4H3/p+1/b7-6+. The molecule has 20 heavy (non-hydrogen) atoms. The summed E-state index contributed by atoms with van der Waals surface area (Å²) in [5, 5.41) is 9.06. The maximum atomic E-state index is 12.1. The van der Waals surface area contributed by atoms with Gasteiger partial charge < -0.3 is 19.2 Å². The van der Waals surface area contributed by atoms with E-state index in [1.54, 1.807) is 0 Å². The van der Waals surface area contributed by atoms with Crippen molar-refractivity contribution in [3.05, 3.63) is 12.2 Å². The quantitative estimate of drug-likeness (QED) is 0.300. The normalized spacial score (nSPS) is 13.2. The molecule has 0 radical (unpaired) electrons. The molecular formula is C13H23NO5P+. The van der Waals surface area contributed by atoms with Crippen LogP contribution in [0.3, 0.4) is 0 Å². The lowest BCUT2D eigenvalue weighted by Crippen LogP contribution is -2.37. The largest absolute Gasteiger partial charge is 0.630 e. The number of esters is 1. The Balaban J connectivity index is 4.46. The van der Waals surface area contributed by atoms with Gasteiger partial charge in [0.25, 0.3) is 0 Å². The summed E-state index contributed by atoms with van der Waals surface area (Å²) in [6.45, 7) is 2.60. The van der Waals surface area contributed by atoms with Gasteiger partial charge in [0.2, 0.25) is 0 Å². The van der Waals surface area contributed by atoms with E-state index in [4.69, 9.17) is 9.84 Å². The molecule has 6 nitrogen and oxygen atoms in total. The van der Waals surface area contributed by atoms with Crippen LogP contribution in [0.2, 0.25) is 0 Å². The fourth-order valence-corrected chi connectivity index (χ4v) is 2.90. The van der Waals surface area contributed by atoms with Crippen LogP contribution >= 0.6 is 7.77 Å². The van der Waals surface area contributed by atoms with Crippen LogP contribution in [-0.4, -0.2) is 67.3 Å². The molecule has 1 unspecified atom stereocenters. The van der Waals surface area contributed by atoms with Gasteiger partial charge in [0.15, 0.2) is 12.8 Å². The molecule has 0 rings (SSSR count). The van der Waals surface area contributed by atoms with Crippen LogP contribution in [0.5, 0.6) is 0 Å². The maximum Gasteiger partial charge on any atom is 0.331 e. The van der Waals surface area contributed by atoms with E-state index in [2.05, 4.69) is 0 Å². The molecule has 0 bridgehead atoms. The van der Waals surface area contributed by atoms with E-state index in [1.807, 2.05) is 28.1 Å². The van der Waals surface area contributed by atoms with Crippen LogP contribution < -0.4 is 4.89 Å². The average molecular weight is 304 g/mol. The Labute approximate surface area is 120 Å². The van der Waals surface area contributed by atoms with E-state index >= 15 is 0 Å². The fourth-order valence-electron chi connectivity index (χ4n) is 1.24. The number of aliphatic carboxylic acids is 1. The second kappa shape index (κ2) is 8.84. The number of ether oxygens (including phenoxy) is 1. The van der Waals surface area contributed by atoms with Crippen molar-refractivity contribution in [2.24, 2.45) is 0 Å². The molecular weight excluding hydrogens is 281 g/mol. The van der Waals surface area contributed by atoms with Gasteiger partial charge in [0.05, 0.1) is 28.9 Å². The van der Waals surface area contributed by atoms with Gasteiger partial charge in [0, 0.05) is 18.6 Å². The van der Waals surface area contributed by atoms with Gasteiger partial charge in [-0.25, -0.2) is 9.59 Å². The Morgan fingerprint density at radius 1 is 1.30 bits per heavy atom. The number of carbonyl (C=O) groups excluding carboxylic acids is 1. The van der Waals surface area contributed by atoms with Crippen molar-refractivity contribution in [2.45, 2.75) is 13.3 Å². The molecule has 0 aliphatic rings. The van der Waals surface area contributed by atoms with Crippen molar-refractivity contribution >= 4 is 25.0 Å². The number of carboxylic acids is 1. The smallest absolute Gasteiger partial charge is 0.331 e. The summed E-state index contributed by atoms with van der Waals surface area (Å²) >= 11 is 0. The number of rotatable bonds is 8. The van der Waals surface area contributed by atoms with Crippen molar-refractivity contribution in [3.8, 4) is 0 Å². The van der Waals surface area contributed by atoms with Gasteiger partial charge in [-0.3, -0.25) is 0 Å². The zero-order valence-electron chi connectivity index (χ0n) is 12.5. The van der Waals surface area contributed by atoms with Gasteiger partial charge in [-0.2, -0.15) is 0 Å². The first-order chi connectivity index (χ1) is 9.15. The van der Waals surface area contributed by atoms with Crippen molar-refractivity contribution in [3.63, 3.8) is 0 Å². The molecule has 0 heterocycles. The third-order valence-corrected chi connectivity index (χ3v) is 4.23. The molecule has 7 heteroatoms. The minimum Gasteiger partial charge on any atom is -0.630 e. The molecule has 1 atom stereocenters. The molecule has 0 aromatic heterocycles. The zero-order chi connectivity index (χ0) is 15.8. The Bertz CT molecular complexity index is 409. The van der Waals surface area contributed by atoms with Crippen molar-refractivity contribution in [1.29, 1.82) is 0 Å². The molecule has 0 aliphatic heterocycles. The lowest BCUT2D eigenvalue weighted by Gasteiger charge is -2.22. The lowest BCUT2D eigenvalue weighted by molar-refractivity contribution is -0.867. The predicted molar refractivity (Wildman–Crippen MR) is 77.7 cm³/mol. The Hall–Kier alpha value is -1.23. The van der Waals surface area contributed by atoms with Crippen LogP contribution in [0.4, 0.5) is 0 Å². The molecule has 0 aromatic rings. The highest BCUT2D eigenvalue weighted by Gasteiger charge is 2.15. The number of carboxylic acid groups (broad SMARTS) is 1. The highest BCUT2D eigenvalue weighted by molar-refractivity contribution is 7.51. The number of nitrogens with zero attached hydrogens (tertiary/aromatic N) is 1. The molecule has 0 aliphatic carbocycles. The minimum atomic E-state index is -1.53. The van der Waals surface area contributed by atoms with Gasteiger partial charge in [-0.1, -0.05) is 6.92 Å². The summed E-state index contributed by atoms with van der Waals surface area (Å²) in [4.78, 5) is 33.6. The summed E-state index contributed by atoms with van der Waals surface area (Å²) < 4.78 is 5.60. The van der Waals surface area contributed by atoms with E-state index in [0.717, 1.165) is 17.1 Å². The Kier molecular flexibility index (Phi) is 8.30. The summed E-state index contributed by atoms with van der Waals surface area (Å²) in [6.07, 6.45) is 2.67. The molecule has 1 N–H and O–H groups in total. The van der Waals surface area contributed by atoms with Gasteiger partial charge in [0.1, 0.15) is 11.8 Å². The van der Waals surface area contributed by atoms with Gasteiger partial charge in [-0.05, 0) is 0 Å². The summed E-state index contributed by atoms with van der Waals surface area (Å²) in [6, 6.07) is 0. The van der Waals surface area contributed by atoms with Crippen molar-refractivity contribution < 1.29 is 28.8 Å². The maximum absolute atomic E-state index is 12.1. The molecule has 0 amide bonds. The first-order valence-corrected chi connectivity index (χ1v) is 7.77.